The van der Waals surface area contributed by atoms with Gasteiger partial charge in [0.25, 0.3) is 0 Å². The molecule has 2 aromatic rings. The molecule has 1 N–H and O–H groups in total. The van der Waals surface area contributed by atoms with Crippen LogP contribution in [0.4, 0.5) is 0 Å². The maximum Gasteiger partial charge on any atom is 0.341 e. The Morgan fingerprint density at radius 2 is 2.00 bits per heavy atom. The van der Waals surface area contributed by atoms with Crippen LogP contribution in [0.25, 0.3) is 11.3 Å². The first kappa shape index (κ1) is 13.9. The van der Waals surface area contributed by atoms with Crippen molar-refractivity contribution in [3.63, 3.8) is 0 Å². The van der Waals surface area contributed by atoms with Gasteiger partial charge in [-0.3, -0.25) is 0 Å². The Hall–Kier alpha value is -2.10. The third kappa shape index (κ3) is 2.46. The van der Waals surface area contributed by atoms with Crippen LogP contribution in [0.5, 0.6) is 0 Å². The molecule has 1 fully saturated rings. The quantitative estimate of drug-likeness (QED) is 0.912. The molecule has 0 spiro atoms. The first-order chi connectivity index (χ1) is 10.1. The lowest BCUT2D eigenvalue weighted by molar-refractivity contribution is 0.0694. The predicted molar refractivity (Wildman–Crippen MR) is 79.6 cm³/mol. The zero-order chi connectivity index (χ0) is 15.0. The molecule has 0 bridgehead atoms. The lowest BCUT2D eigenvalue weighted by atomic mass is 9.95. The third-order valence-electron chi connectivity index (χ3n) is 4.30. The largest absolute Gasteiger partial charge is 0.477 e. The maximum atomic E-state index is 11.7. The van der Waals surface area contributed by atoms with Crippen LogP contribution >= 0.6 is 0 Å². The highest BCUT2D eigenvalue weighted by Crippen LogP contribution is 2.39. The van der Waals surface area contributed by atoms with Gasteiger partial charge in [-0.1, -0.05) is 41.8 Å². The van der Waals surface area contributed by atoms with E-state index in [4.69, 9.17) is 4.52 Å². The van der Waals surface area contributed by atoms with Crippen molar-refractivity contribution in [3.05, 3.63) is 40.6 Å². The molecular weight excluding hydrogens is 266 g/mol. The molecular formula is C17H19NO3. The van der Waals surface area contributed by atoms with Crippen molar-refractivity contribution in [1.82, 2.24) is 5.16 Å². The molecule has 0 amide bonds. The molecule has 110 valence electrons. The van der Waals surface area contributed by atoms with Gasteiger partial charge in [-0.05, 0) is 32.3 Å². The lowest BCUT2D eigenvalue weighted by Gasteiger charge is -2.07. The van der Waals surface area contributed by atoms with Crippen LogP contribution in [0, 0.1) is 13.8 Å². The summed E-state index contributed by atoms with van der Waals surface area (Å²) in [6.45, 7) is 3.99. The second-order valence-corrected chi connectivity index (χ2v) is 5.88. The van der Waals surface area contributed by atoms with E-state index in [1.54, 1.807) is 0 Å². The van der Waals surface area contributed by atoms with Crippen LogP contribution in [0.3, 0.4) is 0 Å². The second-order valence-electron chi connectivity index (χ2n) is 5.88. The monoisotopic (exact) mass is 285 g/mol. The van der Waals surface area contributed by atoms with Gasteiger partial charge in [0.2, 0.25) is 0 Å². The highest BCUT2D eigenvalue weighted by molar-refractivity contribution is 5.96. The zero-order valence-electron chi connectivity index (χ0n) is 12.3. The van der Waals surface area contributed by atoms with Crippen molar-refractivity contribution < 1.29 is 14.4 Å². The molecule has 4 heteroatoms. The summed E-state index contributed by atoms with van der Waals surface area (Å²) >= 11 is 0. The zero-order valence-corrected chi connectivity index (χ0v) is 12.3. The highest BCUT2D eigenvalue weighted by Gasteiger charge is 2.31. The third-order valence-corrected chi connectivity index (χ3v) is 4.30. The van der Waals surface area contributed by atoms with Gasteiger partial charge in [0, 0.05) is 11.5 Å². The summed E-state index contributed by atoms with van der Waals surface area (Å²) < 4.78 is 5.45. The van der Waals surface area contributed by atoms with Gasteiger partial charge in [-0.25, -0.2) is 4.79 Å². The molecule has 3 rings (SSSR count). The van der Waals surface area contributed by atoms with Crippen LogP contribution < -0.4 is 0 Å². The molecule has 1 heterocycles. The fraction of sp³-hybridized carbons (Fsp3) is 0.412. The molecule has 4 nitrogen and oxygen atoms in total. The van der Waals surface area contributed by atoms with Crippen LogP contribution in [0.2, 0.25) is 0 Å². The SMILES string of the molecule is Cc1ccc(-c2noc(C3CCCC3)c2C(=O)O)c(C)c1. The van der Waals surface area contributed by atoms with E-state index < -0.39 is 5.97 Å². The predicted octanol–water partition coefficient (Wildman–Crippen LogP) is 4.31. The van der Waals surface area contributed by atoms with Gasteiger partial charge in [-0.15, -0.1) is 0 Å². The van der Waals surface area contributed by atoms with E-state index in [2.05, 4.69) is 5.16 Å². The van der Waals surface area contributed by atoms with Crippen molar-refractivity contribution in [3.8, 4) is 11.3 Å². The average Bonchev–Trinajstić information content (AvgIpc) is 3.07. The van der Waals surface area contributed by atoms with E-state index in [0.29, 0.717) is 11.5 Å². The molecule has 0 radical (unpaired) electrons. The summed E-state index contributed by atoms with van der Waals surface area (Å²) in [5, 5.41) is 13.7. The van der Waals surface area contributed by atoms with Gasteiger partial charge in [0.15, 0.2) is 5.76 Å². The number of aromatic carboxylic acids is 1. The minimum Gasteiger partial charge on any atom is -0.477 e. The fourth-order valence-corrected chi connectivity index (χ4v) is 3.24. The Morgan fingerprint density at radius 3 is 2.62 bits per heavy atom. The molecule has 1 aliphatic carbocycles. The van der Waals surface area contributed by atoms with E-state index in [1.807, 2.05) is 32.0 Å². The van der Waals surface area contributed by atoms with Gasteiger partial charge < -0.3 is 9.63 Å². The number of aromatic nitrogens is 1. The molecule has 0 saturated heterocycles. The number of hydrogen-bond acceptors (Lipinski definition) is 3. The normalized spacial score (nSPS) is 15.5. The summed E-state index contributed by atoms with van der Waals surface area (Å²) in [5.41, 5.74) is 3.71. The smallest absolute Gasteiger partial charge is 0.341 e. The van der Waals surface area contributed by atoms with E-state index >= 15 is 0 Å². The maximum absolute atomic E-state index is 11.7. The van der Waals surface area contributed by atoms with E-state index in [9.17, 15) is 9.90 Å². The topological polar surface area (TPSA) is 63.3 Å². The summed E-state index contributed by atoms with van der Waals surface area (Å²) in [7, 11) is 0. The van der Waals surface area contributed by atoms with Crippen molar-refractivity contribution in [2.75, 3.05) is 0 Å². The van der Waals surface area contributed by atoms with Crippen molar-refractivity contribution in [2.24, 2.45) is 0 Å². The summed E-state index contributed by atoms with van der Waals surface area (Å²) in [5.74, 6) is -0.203. The van der Waals surface area contributed by atoms with E-state index in [-0.39, 0.29) is 11.5 Å². The van der Waals surface area contributed by atoms with Gasteiger partial charge in [0.1, 0.15) is 11.3 Å². The molecule has 21 heavy (non-hydrogen) atoms. The van der Waals surface area contributed by atoms with Crippen LogP contribution in [-0.4, -0.2) is 16.2 Å². The van der Waals surface area contributed by atoms with Crippen LogP contribution in [0.1, 0.15) is 58.8 Å². The summed E-state index contributed by atoms with van der Waals surface area (Å²) in [6, 6.07) is 5.93. The number of carbonyl (C=O) groups is 1. The van der Waals surface area contributed by atoms with Crippen LogP contribution in [-0.2, 0) is 0 Å². The Labute approximate surface area is 123 Å². The standard InChI is InChI=1S/C17H19NO3/c1-10-7-8-13(11(2)9-10)15-14(17(19)20)16(21-18-15)12-5-3-4-6-12/h7-9,12H,3-6H2,1-2H3,(H,19,20). The number of benzene rings is 1. The van der Waals surface area contributed by atoms with Gasteiger partial charge >= 0.3 is 5.97 Å². The highest BCUT2D eigenvalue weighted by atomic mass is 16.5. The average molecular weight is 285 g/mol. The number of rotatable bonds is 3. The van der Waals surface area contributed by atoms with Gasteiger partial charge in [0.05, 0.1) is 0 Å². The number of hydrogen-bond donors (Lipinski definition) is 1. The molecule has 1 aromatic carbocycles. The second kappa shape index (κ2) is 5.35. The minimum absolute atomic E-state index is 0.197. The van der Waals surface area contributed by atoms with Crippen molar-refractivity contribution in [2.45, 2.75) is 45.4 Å². The molecule has 1 aliphatic rings. The Morgan fingerprint density at radius 1 is 1.29 bits per heavy atom. The molecule has 1 saturated carbocycles. The van der Waals surface area contributed by atoms with Crippen molar-refractivity contribution >= 4 is 5.97 Å². The molecule has 1 aromatic heterocycles. The summed E-state index contributed by atoms with van der Waals surface area (Å²) in [6.07, 6.45) is 4.23. The molecule has 0 aliphatic heterocycles. The number of nitrogens with zero attached hydrogens (tertiary/aromatic N) is 1. The fourth-order valence-electron chi connectivity index (χ4n) is 3.24. The Balaban J connectivity index is 2.12. The number of carboxylic acid groups (broad SMARTS) is 1. The number of aryl methyl sites for hydroxylation is 2. The van der Waals surface area contributed by atoms with E-state index in [0.717, 1.165) is 42.4 Å². The van der Waals surface area contributed by atoms with E-state index in [1.165, 1.54) is 0 Å². The Kier molecular flexibility index (Phi) is 3.53. The molecule has 0 unspecified atom stereocenters. The van der Waals surface area contributed by atoms with Crippen molar-refractivity contribution in [1.29, 1.82) is 0 Å². The Bertz CT molecular complexity index is 681. The first-order valence-electron chi connectivity index (χ1n) is 7.38. The summed E-state index contributed by atoms with van der Waals surface area (Å²) in [4.78, 5) is 11.7. The van der Waals surface area contributed by atoms with Crippen LogP contribution in [0.15, 0.2) is 22.7 Å². The van der Waals surface area contributed by atoms with Gasteiger partial charge in [-0.2, -0.15) is 0 Å². The molecule has 0 atom stereocenters. The lowest BCUT2D eigenvalue weighted by Crippen LogP contribution is -2.04. The number of carboxylic acids is 1. The minimum atomic E-state index is -0.951. The first-order valence-corrected chi connectivity index (χ1v) is 7.38.